The van der Waals surface area contributed by atoms with Gasteiger partial charge in [0, 0.05) is 25.3 Å². The zero-order valence-electron chi connectivity index (χ0n) is 17.6. The van der Waals surface area contributed by atoms with Gasteiger partial charge < -0.3 is 21.1 Å². The fraction of sp³-hybridized carbons (Fsp3) is 0.824. The minimum absolute atomic E-state index is 0.0340. The summed E-state index contributed by atoms with van der Waals surface area (Å²) in [4.78, 5) is 39.0. The smallest absolute Gasteiger partial charge is 0.426 e. The number of hydrogen-bond donors (Lipinski definition) is 5. The third-order valence-corrected chi connectivity index (χ3v) is 4.09. The molecule has 0 aliphatic heterocycles. The summed E-state index contributed by atoms with van der Waals surface area (Å²) in [6.07, 6.45) is 1.44. The Morgan fingerprint density at radius 2 is 1.79 bits per heavy atom. The number of Topliss-reactive ketones (excluding diaryl/α,β-unsaturated/α-hetero) is 1. The Bertz CT molecular complexity index is 571. The number of nitro groups is 1. The minimum Gasteiger partial charge on any atom is -0.426 e. The number of aliphatic imine (C=N–C) groups is 1. The highest BCUT2D eigenvalue weighted by Gasteiger charge is 2.30. The molecule has 1 amide bonds. The average molecular weight is 415 g/mol. The van der Waals surface area contributed by atoms with E-state index in [-0.39, 0.29) is 36.5 Å². The third kappa shape index (κ3) is 13.6. The van der Waals surface area contributed by atoms with Crippen molar-refractivity contribution >= 4 is 24.8 Å². The van der Waals surface area contributed by atoms with E-state index >= 15 is 0 Å². The van der Waals surface area contributed by atoms with E-state index in [9.17, 15) is 29.8 Å². The summed E-state index contributed by atoms with van der Waals surface area (Å²) in [5.74, 6) is -2.01. The average Bonchev–Trinajstić information content (AvgIpc) is 2.54. The molecular formula is C17H34BN5O6. The van der Waals surface area contributed by atoms with Crippen LogP contribution in [0.15, 0.2) is 4.99 Å². The Kier molecular flexibility index (Phi) is 12.8. The summed E-state index contributed by atoms with van der Waals surface area (Å²) < 4.78 is 0. The second-order valence-corrected chi connectivity index (χ2v) is 7.97. The van der Waals surface area contributed by atoms with Crippen molar-refractivity contribution in [1.29, 1.82) is 0 Å². The Morgan fingerprint density at radius 1 is 1.17 bits per heavy atom. The summed E-state index contributed by atoms with van der Waals surface area (Å²) in [6.45, 7) is 7.76. The number of hydrazine groups is 1. The van der Waals surface area contributed by atoms with Crippen molar-refractivity contribution in [2.75, 3.05) is 6.54 Å². The quantitative estimate of drug-likeness (QED) is 0.0658. The van der Waals surface area contributed by atoms with Crippen molar-refractivity contribution in [1.82, 2.24) is 10.7 Å². The summed E-state index contributed by atoms with van der Waals surface area (Å²) in [6, 6.07) is 0. The number of ketones is 1. The molecule has 0 aliphatic carbocycles. The molecule has 2 atom stereocenters. The monoisotopic (exact) mass is 415 g/mol. The highest BCUT2D eigenvalue weighted by Crippen LogP contribution is 2.17. The van der Waals surface area contributed by atoms with Crippen LogP contribution in [0.4, 0.5) is 0 Å². The molecule has 12 heteroatoms. The van der Waals surface area contributed by atoms with E-state index in [0.717, 1.165) is 0 Å². The molecule has 29 heavy (non-hydrogen) atoms. The van der Waals surface area contributed by atoms with Crippen molar-refractivity contribution in [3.05, 3.63) is 10.1 Å². The van der Waals surface area contributed by atoms with Gasteiger partial charge in [-0.25, -0.2) is 15.1 Å². The van der Waals surface area contributed by atoms with Crippen LogP contribution in [0.3, 0.4) is 0 Å². The van der Waals surface area contributed by atoms with E-state index in [0.29, 0.717) is 25.7 Å². The summed E-state index contributed by atoms with van der Waals surface area (Å²) in [5, 5.41) is 31.1. The van der Waals surface area contributed by atoms with Gasteiger partial charge in [0.2, 0.25) is 5.91 Å². The summed E-state index contributed by atoms with van der Waals surface area (Å²) in [5.41, 5.74) is 7.07. The molecule has 11 nitrogen and oxygen atoms in total. The highest BCUT2D eigenvalue weighted by molar-refractivity contribution is 6.43. The van der Waals surface area contributed by atoms with Gasteiger partial charge in [0.15, 0.2) is 5.03 Å². The molecule has 0 heterocycles. The van der Waals surface area contributed by atoms with Gasteiger partial charge in [-0.2, -0.15) is 0 Å². The van der Waals surface area contributed by atoms with Crippen LogP contribution < -0.4 is 16.5 Å². The SMILES string of the molecule is CC(C)CC(=O)C[C@@H](CCCN=C(N)N[N+](=O)[O-])C(=O)N[C@@H](CC(C)C)B(O)O. The van der Waals surface area contributed by atoms with Gasteiger partial charge >= 0.3 is 7.12 Å². The van der Waals surface area contributed by atoms with Crippen LogP contribution >= 0.6 is 0 Å². The first-order valence-corrected chi connectivity index (χ1v) is 9.81. The number of nitrogens with two attached hydrogens (primary N) is 1. The molecule has 0 saturated carbocycles. The first kappa shape index (κ1) is 26.8. The number of carbonyl (C=O) groups excluding carboxylic acids is 2. The summed E-state index contributed by atoms with van der Waals surface area (Å²) >= 11 is 0. The molecule has 0 fully saturated rings. The maximum Gasteiger partial charge on any atom is 0.475 e. The molecule has 0 spiro atoms. The summed E-state index contributed by atoms with van der Waals surface area (Å²) in [7, 11) is -1.70. The van der Waals surface area contributed by atoms with E-state index in [1.165, 1.54) is 0 Å². The van der Waals surface area contributed by atoms with Gasteiger partial charge in [0.05, 0.1) is 5.94 Å². The van der Waals surface area contributed by atoms with Crippen molar-refractivity contribution in [3.63, 3.8) is 0 Å². The van der Waals surface area contributed by atoms with Crippen LogP contribution in [0.25, 0.3) is 0 Å². The van der Waals surface area contributed by atoms with Gasteiger partial charge in [-0.05, 0) is 31.1 Å². The predicted octanol–water partition coefficient (Wildman–Crippen LogP) is 0.0270. The van der Waals surface area contributed by atoms with Gasteiger partial charge in [0.1, 0.15) is 5.78 Å². The minimum atomic E-state index is -1.70. The lowest BCUT2D eigenvalue weighted by Crippen LogP contribution is -2.49. The van der Waals surface area contributed by atoms with Crippen LogP contribution in [0.2, 0.25) is 0 Å². The number of nitrogens with zero attached hydrogens (tertiary/aromatic N) is 2. The van der Waals surface area contributed by atoms with E-state index in [1.807, 2.05) is 27.7 Å². The Hall–Kier alpha value is -2.21. The standard InChI is InChI=1S/C17H34BN5O6/c1-11(2)8-14(24)10-13(6-5-7-20-17(19)22-23(28)29)16(25)21-15(18(26)27)9-12(3)4/h11-13,15,26-27H,5-10H2,1-4H3,(H,21,25)(H3,19,20,22)/t13-,15+/m1/s1. The van der Waals surface area contributed by atoms with Crippen LogP contribution in [0.1, 0.15) is 59.8 Å². The molecule has 0 saturated heterocycles. The molecule has 0 aromatic heterocycles. The second kappa shape index (κ2) is 13.9. The van der Waals surface area contributed by atoms with Crippen molar-refractivity contribution in [2.24, 2.45) is 28.5 Å². The van der Waals surface area contributed by atoms with Crippen LogP contribution in [-0.2, 0) is 9.59 Å². The normalized spacial score (nSPS) is 13.9. The molecule has 0 aromatic carbocycles. The highest BCUT2D eigenvalue weighted by atomic mass is 16.7. The third-order valence-electron chi connectivity index (χ3n) is 4.09. The fourth-order valence-electron chi connectivity index (χ4n) is 2.87. The van der Waals surface area contributed by atoms with Crippen LogP contribution in [0.5, 0.6) is 0 Å². The second-order valence-electron chi connectivity index (χ2n) is 7.97. The first-order valence-electron chi connectivity index (χ1n) is 9.81. The molecule has 0 radical (unpaired) electrons. The predicted molar refractivity (Wildman–Crippen MR) is 110 cm³/mol. The van der Waals surface area contributed by atoms with Crippen molar-refractivity contribution < 1.29 is 24.7 Å². The molecular weight excluding hydrogens is 381 g/mol. The Morgan fingerprint density at radius 3 is 2.28 bits per heavy atom. The fourth-order valence-corrected chi connectivity index (χ4v) is 2.87. The van der Waals surface area contributed by atoms with Gasteiger partial charge in [0.25, 0.3) is 5.96 Å². The number of carbonyl (C=O) groups is 2. The zero-order chi connectivity index (χ0) is 22.6. The molecule has 0 aliphatic rings. The van der Waals surface area contributed by atoms with E-state index in [1.54, 1.807) is 5.43 Å². The largest absolute Gasteiger partial charge is 0.475 e. The molecule has 0 unspecified atom stereocenters. The lowest BCUT2D eigenvalue weighted by molar-refractivity contribution is -0.525. The Labute approximate surface area is 171 Å². The number of hydrogen-bond acceptors (Lipinski definition) is 7. The molecule has 6 N–H and O–H groups in total. The number of amides is 1. The molecule has 0 bridgehead atoms. The lowest BCUT2D eigenvalue weighted by atomic mass is 9.74. The van der Waals surface area contributed by atoms with Crippen LogP contribution in [0, 0.1) is 27.9 Å². The maximum atomic E-state index is 12.7. The van der Waals surface area contributed by atoms with E-state index in [4.69, 9.17) is 5.73 Å². The zero-order valence-corrected chi connectivity index (χ0v) is 17.6. The molecule has 0 rings (SSSR count). The maximum absolute atomic E-state index is 12.7. The number of rotatable bonds is 14. The number of guanidine groups is 1. The van der Waals surface area contributed by atoms with E-state index in [2.05, 4.69) is 10.3 Å². The van der Waals surface area contributed by atoms with Gasteiger partial charge in [-0.1, -0.05) is 33.1 Å². The number of nitrogens with one attached hydrogen (secondary N) is 2. The first-order chi connectivity index (χ1) is 13.4. The van der Waals surface area contributed by atoms with Crippen molar-refractivity contribution in [2.45, 2.75) is 65.7 Å². The van der Waals surface area contributed by atoms with E-state index < -0.39 is 29.9 Å². The molecule has 166 valence electrons. The molecule has 0 aromatic rings. The topological polar surface area (TPSA) is 180 Å². The van der Waals surface area contributed by atoms with Gasteiger partial charge in [-0.3, -0.25) is 9.59 Å². The van der Waals surface area contributed by atoms with Crippen LogP contribution in [-0.4, -0.2) is 52.3 Å². The van der Waals surface area contributed by atoms with Gasteiger partial charge in [-0.15, -0.1) is 0 Å². The van der Waals surface area contributed by atoms with Crippen molar-refractivity contribution in [3.8, 4) is 0 Å². The lowest BCUT2D eigenvalue weighted by Gasteiger charge is -2.23. The Balaban J connectivity index is 5.00.